The molecule has 0 unspecified atom stereocenters. The smallest absolute Gasteiger partial charge is 0.372 e. The maximum atomic E-state index is 11.4. The standard InChI is InChI=1S/C16H18N4O3/c1-16(8-9-16)23-15-13(20(21)22)14(18-11-19-15)17-10-7-12-5-3-2-4-6-12/h2-6,11H,7-10H2,1H3,(H,17,18,19). The Balaban J connectivity index is 1.73. The highest BCUT2D eigenvalue weighted by atomic mass is 16.6. The van der Waals surface area contributed by atoms with Gasteiger partial charge in [0.25, 0.3) is 5.88 Å². The summed E-state index contributed by atoms with van der Waals surface area (Å²) in [4.78, 5) is 18.8. The molecule has 1 aliphatic rings. The minimum absolute atomic E-state index is 0.0345. The van der Waals surface area contributed by atoms with E-state index < -0.39 is 4.92 Å². The second-order valence-corrected chi connectivity index (χ2v) is 5.85. The third-order valence-corrected chi connectivity index (χ3v) is 3.82. The third-order valence-electron chi connectivity index (χ3n) is 3.82. The van der Waals surface area contributed by atoms with Crippen molar-refractivity contribution in [2.24, 2.45) is 0 Å². The van der Waals surface area contributed by atoms with Gasteiger partial charge in [-0.05, 0) is 31.7 Å². The Morgan fingerprint density at radius 1 is 1.30 bits per heavy atom. The molecule has 0 amide bonds. The number of rotatable bonds is 7. The lowest BCUT2D eigenvalue weighted by molar-refractivity contribution is -0.385. The van der Waals surface area contributed by atoms with Crippen molar-refractivity contribution < 1.29 is 9.66 Å². The summed E-state index contributed by atoms with van der Waals surface area (Å²) in [5.74, 6) is 0.229. The molecule has 1 aliphatic carbocycles. The van der Waals surface area contributed by atoms with Gasteiger partial charge in [0.05, 0.1) is 4.92 Å². The summed E-state index contributed by atoms with van der Waals surface area (Å²) in [5.41, 5.74) is 0.618. The Kier molecular flexibility index (Phi) is 4.10. The Bertz CT molecular complexity index is 702. The predicted molar refractivity (Wildman–Crippen MR) is 85.6 cm³/mol. The summed E-state index contributed by atoms with van der Waals surface area (Å²) >= 11 is 0. The van der Waals surface area contributed by atoms with Gasteiger partial charge in [-0.25, -0.2) is 4.98 Å². The van der Waals surface area contributed by atoms with E-state index in [-0.39, 0.29) is 23.0 Å². The van der Waals surface area contributed by atoms with Crippen molar-refractivity contribution >= 4 is 11.5 Å². The maximum absolute atomic E-state index is 11.4. The van der Waals surface area contributed by atoms with Crippen LogP contribution in [0, 0.1) is 10.1 Å². The Hall–Kier alpha value is -2.70. The lowest BCUT2D eigenvalue weighted by atomic mass is 10.1. The van der Waals surface area contributed by atoms with E-state index >= 15 is 0 Å². The molecule has 1 N–H and O–H groups in total. The zero-order chi connectivity index (χ0) is 16.3. The topological polar surface area (TPSA) is 90.2 Å². The summed E-state index contributed by atoms with van der Waals surface area (Å²) in [6.45, 7) is 2.46. The first-order valence-corrected chi connectivity index (χ1v) is 7.54. The molecule has 1 heterocycles. The Morgan fingerprint density at radius 2 is 2.04 bits per heavy atom. The SMILES string of the molecule is CC1(Oc2ncnc(NCCc3ccccc3)c2[N+](=O)[O-])CC1. The summed E-state index contributed by atoms with van der Waals surface area (Å²) < 4.78 is 5.68. The summed E-state index contributed by atoms with van der Waals surface area (Å²) in [6, 6.07) is 9.90. The van der Waals surface area contributed by atoms with Crippen LogP contribution in [0.25, 0.3) is 0 Å². The van der Waals surface area contributed by atoms with Crippen molar-refractivity contribution in [2.45, 2.75) is 31.8 Å². The van der Waals surface area contributed by atoms with Crippen LogP contribution < -0.4 is 10.1 Å². The van der Waals surface area contributed by atoms with Gasteiger partial charge in [0.1, 0.15) is 11.9 Å². The van der Waals surface area contributed by atoms with E-state index in [0.717, 1.165) is 24.8 Å². The zero-order valence-corrected chi connectivity index (χ0v) is 12.9. The maximum Gasteiger partial charge on any atom is 0.372 e. The minimum Gasteiger partial charge on any atom is -0.466 e. The molecule has 0 aliphatic heterocycles. The lowest BCUT2D eigenvalue weighted by Crippen LogP contribution is -2.16. The molecule has 0 spiro atoms. The monoisotopic (exact) mass is 314 g/mol. The molecule has 7 heteroatoms. The molecule has 1 fully saturated rings. The molecule has 1 aromatic carbocycles. The van der Waals surface area contributed by atoms with Gasteiger partial charge < -0.3 is 10.1 Å². The van der Waals surface area contributed by atoms with Crippen LogP contribution in [0.1, 0.15) is 25.3 Å². The van der Waals surface area contributed by atoms with Crippen molar-refractivity contribution in [3.8, 4) is 5.88 Å². The fourth-order valence-electron chi connectivity index (χ4n) is 2.21. The van der Waals surface area contributed by atoms with Crippen LogP contribution in [0.2, 0.25) is 0 Å². The Labute approximate surface area is 133 Å². The molecule has 3 rings (SSSR count). The zero-order valence-electron chi connectivity index (χ0n) is 12.9. The number of benzene rings is 1. The van der Waals surface area contributed by atoms with Gasteiger partial charge in [0.2, 0.25) is 5.82 Å². The molecule has 7 nitrogen and oxygen atoms in total. The number of nitrogens with zero attached hydrogens (tertiary/aromatic N) is 3. The van der Waals surface area contributed by atoms with Crippen molar-refractivity contribution in [2.75, 3.05) is 11.9 Å². The number of anilines is 1. The van der Waals surface area contributed by atoms with Gasteiger partial charge in [-0.3, -0.25) is 10.1 Å². The van der Waals surface area contributed by atoms with Crippen LogP contribution in [0.15, 0.2) is 36.7 Å². The summed E-state index contributed by atoms with van der Waals surface area (Å²) in [7, 11) is 0. The highest BCUT2D eigenvalue weighted by Gasteiger charge is 2.42. The molecule has 120 valence electrons. The first-order valence-electron chi connectivity index (χ1n) is 7.54. The van der Waals surface area contributed by atoms with Crippen molar-refractivity contribution in [3.05, 3.63) is 52.3 Å². The molecular weight excluding hydrogens is 296 g/mol. The van der Waals surface area contributed by atoms with Gasteiger partial charge in [-0.15, -0.1) is 0 Å². The van der Waals surface area contributed by atoms with Crippen LogP contribution in [0.5, 0.6) is 5.88 Å². The first-order chi connectivity index (χ1) is 11.1. The molecular formula is C16H18N4O3. The molecule has 1 saturated carbocycles. The Morgan fingerprint density at radius 3 is 2.70 bits per heavy atom. The summed E-state index contributed by atoms with van der Waals surface area (Å²) in [5, 5.41) is 14.4. The van der Waals surface area contributed by atoms with Gasteiger partial charge >= 0.3 is 5.69 Å². The molecule has 0 radical (unpaired) electrons. The van der Waals surface area contributed by atoms with Gasteiger partial charge in [-0.2, -0.15) is 4.98 Å². The van der Waals surface area contributed by atoms with Crippen molar-refractivity contribution in [3.63, 3.8) is 0 Å². The first kappa shape index (κ1) is 15.2. The highest BCUT2D eigenvalue weighted by Crippen LogP contribution is 2.42. The van der Waals surface area contributed by atoms with E-state index in [1.807, 2.05) is 37.3 Å². The number of ether oxygens (including phenoxy) is 1. The van der Waals surface area contributed by atoms with Crippen LogP contribution in [-0.2, 0) is 6.42 Å². The van der Waals surface area contributed by atoms with E-state index in [1.54, 1.807) is 0 Å². The molecule has 0 bridgehead atoms. The minimum atomic E-state index is -0.494. The summed E-state index contributed by atoms with van der Waals surface area (Å²) in [6.07, 6.45) is 3.80. The van der Waals surface area contributed by atoms with E-state index in [9.17, 15) is 10.1 Å². The number of nitro groups is 1. The lowest BCUT2D eigenvalue weighted by Gasteiger charge is -2.13. The average molecular weight is 314 g/mol. The van der Waals surface area contributed by atoms with Crippen LogP contribution in [0.3, 0.4) is 0 Å². The highest BCUT2D eigenvalue weighted by molar-refractivity contribution is 5.61. The van der Waals surface area contributed by atoms with Crippen LogP contribution in [0.4, 0.5) is 11.5 Å². The second kappa shape index (κ2) is 6.20. The van der Waals surface area contributed by atoms with E-state index in [1.165, 1.54) is 6.33 Å². The normalized spacial score (nSPS) is 15.0. The number of nitrogens with one attached hydrogen (secondary N) is 1. The van der Waals surface area contributed by atoms with Crippen LogP contribution in [-0.4, -0.2) is 27.0 Å². The molecule has 0 saturated heterocycles. The second-order valence-electron chi connectivity index (χ2n) is 5.85. The van der Waals surface area contributed by atoms with Gasteiger partial charge in [0.15, 0.2) is 0 Å². The average Bonchev–Trinajstić information content (AvgIpc) is 3.25. The van der Waals surface area contributed by atoms with Gasteiger partial charge in [-0.1, -0.05) is 30.3 Å². The van der Waals surface area contributed by atoms with Crippen molar-refractivity contribution in [1.29, 1.82) is 0 Å². The van der Waals surface area contributed by atoms with E-state index in [2.05, 4.69) is 15.3 Å². The molecule has 23 heavy (non-hydrogen) atoms. The van der Waals surface area contributed by atoms with E-state index in [0.29, 0.717) is 6.54 Å². The largest absolute Gasteiger partial charge is 0.466 e. The van der Waals surface area contributed by atoms with E-state index in [4.69, 9.17) is 4.74 Å². The van der Waals surface area contributed by atoms with Gasteiger partial charge in [0, 0.05) is 6.54 Å². The fraction of sp³-hybridized carbons (Fsp3) is 0.375. The molecule has 2 aromatic rings. The quantitative estimate of drug-likeness (QED) is 0.624. The fourth-order valence-corrected chi connectivity index (χ4v) is 2.21. The van der Waals surface area contributed by atoms with Crippen molar-refractivity contribution in [1.82, 2.24) is 9.97 Å². The predicted octanol–water partition coefficient (Wildman–Crippen LogP) is 2.97. The third kappa shape index (κ3) is 3.74. The number of hydrogen-bond acceptors (Lipinski definition) is 6. The molecule has 1 aromatic heterocycles. The van der Waals surface area contributed by atoms with Crippen LogP contribution >= 0.6 is 0 Å². The molecule has 0 atom stereocenters. The number of aromatic nitrogens is 2. The number of hydrogen-bond donors (Lipinski definition) is 1.